The number of nitrogen functional groups attached to an aromatic ring is 1. The van der Waals surface area contributed by atoms with Gasteiger partial charge in [0.15, 0.2) is 0 Å². The van der Waals surface area contributed by atoms with E-state index >= 15 is 0 Å². The first-order valence-electron chi connectivity index (χ1n) is 6.97. The predicted octanol–water partition coefficient (Wildman–Crippen LogP) is 2.98. The molecule has 3 nitrogen and oxygen atoms in total. The molecule has 0 radical (unpaired) electrons. The van der Waals surface area contributed by atoms with Gasteiger partial charge in [0, 0.05) is 17.8 Å². The van der Waals surface area contributed by atoms with Crippen LogP contribution in [0.1, 0.15) is 38.2 Å². The molecule has 3 N–H and O–H groups in total. The molecule has 0 bridgehead atoms. The predicted molar refractivity (Wildman–Crippen MR) is 79.5 cm³/mol. The first-order chi connectivity index (χ1) is 9.13. The minimum atomic E-state index is -0.00335. The van der Waals surface area contributed by atoms with Crippen LogP contribution in [0.3, 0.4) is 0 Å². The first kappa shape index (κ1) is 13.7. The van der Waals surface area contributed by atoms with Crippen molar-refractivity contribution >= 4 is 17.7 Å². The van der Waals surface area contributed by atoms with Gasteiger partial charge in [0.05, 0.1) is 0 Å². The van der Waals surface area contributed by atoms with Gasteiger partial charge in [-0.1, -0.05) is 19.1 Å². The lowest BCUT2D eigenvalue weighted by atomic mass is 9.87. The van der Waals surface area contributed by atoms with Crippen molar-refractivity contribution in [3.8, 4) is 0 Å². The Morgan fingerprint density at radius 2 is 1.84 bits per heavy atom. The van der Waals surface area contributed by atoms with Crippen molar-refractivity contribution in [1.82, 2.24) is 5.32 Å². The average Bonchev–Trinajstić information content (AvgIpc) is 2.41. The second-order valence-corrected chi connectivity index (χ2v) is 5.47. The topological polar surface area (TPSA) is 55.1 Å². The highest BCUT2D eigenvalue weighted by atomic mass is 16.1. The summed E-state index contributed by atoms with van der Waals surface area (Å²) in [6, 6.07) is 7.82. The largest absolute Gasteiger partial charge is 0.399 e. The molecule has 1 saturated carbocycles. The highest BCUT2D eigenvalue weighted by Crippen LogP contribution is 2.23. The van der Waals surface area contributed by atoms with Crippen LogP contribution in [0.25, 0.3) is 6.08 Å². The molecule has 0 atom stereocenters. The highest BCUT2D eigenvalue weighted by molar-refractivity contribution is 5.91. The molecule has 0 aromatic heterocycles. The van der Waals surface area contributed by atoms with E-state index in [1.165, 1.54) is 12.8 Å². The zero-order valence-corrected chi connectivity index (χ0v) is 11.4. The van der Waals surface area contributed by atoms with E-state index in [1.807, 2.05) is 30.3 Å². The Labute approximate surface area is 114 Å². The van der Waals surface area contributed by atoms with E-state index < -0.39 is 0 Å². The summed E-state index contributed by atoms with van der Waals surface area (Å²) in [7, 11) is 0. The lowest BCUT2D eigenvalue weighted by molar-refractivity contribution is -0.117. The second-order valence-electron chi connectivity index (χ2n) is 5.47. The minimum Gasteiger partial charge on any atom is -0.399 e. The van der Waals surface area contributed by atoms with Crippen LogP contribution in [0.4, 0.5) is 5.69 Å². The molecule has 0 spiro atoms. The average molecular weight is 258 g/mol. The Morgan fingerprint density at radius 3 is 2.47 bits per heavy atom. The quantitative estimate of drug-likeness (QED) is 0.647. The van der Waals surface area contributed by atoms with Crippen LogP contribution in [-0.4, -0.2) is 11.9 Å². The number of hydrogen-bond donors (Lipinski definition) is 2. The van der Waals surface area contributed by atoms with Crippen LogP contribution in [-0.2, 0) is 4.79 Å². The number of nitrogens with two attached hydrogens (primary N) is 1. The normalized spacial score (nSPS) is 23.4. The maximum absolute atomic E-state index is 11.8. The van der Waals surface area contributed by atoms with Crippen molar-refractivity contribution in [2.75, 3.05) is 5.73 Å². The molecule has 0 unspecified atom stereocenters. The Hall–Kier alpha value is -1.77. The van der Waals surface area contributed by atoms with Gasteiger partial charge in [-0.15, -0.1) is 0 Å². The SMILES string of the molecule is CC1CCC(NC(=O)/C=C/c2ccc(N)cc2)CC1. The number of carbonyl (C=O) groups is 1. The molecule has 102 valence electrons. The van der Waals surface area contributed by atoms with E-state index in [1.54, 1.807) is 6.08 Å². The summed E-state index contributed by atoms with van der Waals surface area (Å²) in [5.74, 6) is 0.801. The number of benzene rings is 1. The van der Waals surface area contributed by atoms with E-state index in [0.29, 0.717) is 6.04 Å². The molecule has 1 aromatic rings. The van der Waals surface area contributed by atoms with Crippen LogP contribution in [0.2, 0.25) is 0 Å². The monoisotopic (exact) mass is 258 g/mol. The standard InChI is InChI=1S/C16H22N2O/c1-12-2-9-15(10-3-12)18-16(19)11-6-13-4-7-14(17)8-5-13/h4-8,11-12,15H,2-3,9-10,17H2,1H3,(H,18,19)/b11-6+. The van der Waals surface area contributed by atoms with Crippen molar-refractivity contribution in [1.29, 1.82) is 0 Å². The van der Waals surface area contributed by atoms with Crippen molar-refractivity contribution in [2.45, 2.75) is 38.6 Å². The van der Waals surface area contributed by atoms with Crippen LogP contribution >= 0.6 is 0 Å². The van der Waals surface area contributed by atoms with Gasteiger partial charge >= 0.3 is 0 Å². The summed E-state index contributed by atoms with van der Waals surface area (Å²) in [4.78, 5) is 11.8. The molecule has 1 aliphatic carbocycles. The number of anilines is 1. The molecule has 0 heterocycles. The number of nitrogens with one attached hydrogen (secondary N) is 1. The number of carbonyl (C=O) groups excluding carboxylic acids is 1. The zero-order chi connectivity index (χ0) is 13.7. The third-order valence-corrected chi connectivity index (χ3v) is 3.73. The Kier molecular flexibility index (Phi) is 4.61. The fourth-order valence-electron chi connectivity index (χ4n) is 2.43. The summed E-state index contributed by atoms with van der Waals surface area (Å²) in [6.45, 7) is 2.28. The molecule has 1 amide bonds. The Balaban J connectivity index is 1.82. The van der Waals surface area contributed by atoms with Crippen molar-refractivity contribution < 1.29 is 4.79 Å². The highest BCUT2D eigenvalue weighted by Gasteiger charge is 2.18. The lowest BCUT2D eigenvalue weighted by Crippen LogP contribution is -2.36. The second kappa shape index (κ2) is 6.41. The molecule has 19 heavy (non-hydrogen) atoms. The smallest absolute Gasteiger partial charge is 0.244 e. The maximum atomic E-state index is 11.8. The van der Waals surface area contributed by atoms with Crippen LogP contribution in [0, 0.1) is 5.92 Å². The molecule has 1 aliphatic rings. The van der Waals surface area contributed by atoms with E-state index in [-0.39, 0.29) is 5.91 Å². The molecule has 3 heteroatoms. The molecule has 1 aromatic carbocycles. The summed E-state index contributed by atoms with van der Waals surface area (Å²) in [6.07, 6.45) is 8.05. The minimum absolute atomic E-state index is 0.00335. The summed E-state index contributed by atoms with van der Waals surface area (Å²) in [5.41, 5.74) is 7.34. The number of rotatable bonds is 3. The van der Waals surface area contributed by atoms with E-state index in [0.717, 1.165) is 30.0 Å². The molecular formula is C16H22N2O. The van der Waals surface area contributed by atoms with Gasteiger partial charge in [0.1, 0.15) is 0 Å². The fraction of sp³-hybridized carbons (Fsp3) is 0.438. The fourth-order valence-corrected chi connectivity index (χ4v) is 2.43. The van der Waals surface area contributed by atoms with Crippen LogP contribution < -0.4 is 11.1 Å². The maximum Gasteiger partial charge on any atom is 0.244 e. The van der Waals surface area contributed by atoms with Gasteiger partial charge in [0.25, 0.3) is 0 Å². The van der Waals surface area contributed by atoms with Gasteiger partial charge in [0.2, 0.25) is 5.91 Å². The third kappa shape index (κ3) is 4.43. The first-order valence-corrected chi connectivity index (χ1v) is 6.97. The van der Waals surface area contributed by atoms with Crippen molar-refractivity contribution in [3.63, 3.8) is 0 Å². The molecule has 2 rings (SSSR count). The Bertz CT molecular complexity index is 442. The van der Waals surface area contributed by atoms with Crippen molar-refractivity contribution in [2.24, 2.45) is 5.92 Å². The Morgan fingerprint density at radius 1 is 1.21 bits per heavy atom. The van der Waals surface area contributed by atoms with E-state index in [9.17, 15) is 4.79 Å². The number of hydrogen-bond acceptors (Lipinski definition) is 2. The molecule has 0 aliphatic heterocycles. The zero-order valence-electron chi connectivity index (χ0n) is 11.4. The van der Waals surface area contributed by atoms with Crippen LogP contribution in [0.15, 0.2) is 30.3 Å². The number of amides is 1. The van der Waals surface area contributed by atoms with Gasteiger partial charge in [-0.3, -0.25) is 4.79 Å². The molecule has 1 fully saturated rings. The van der Waals surface area contributed by atoms with Gasteiger partial charge in [-0.25, -0.2) is 0 Å². The third-order valence-electron chi connectivity index (χ3n) is 3.73. The summed E-state index contributed by atoms with van der Waals surface area (Å²) < 4.78 is 0. The molecular weight excluding hydrogens is 236 g/mol. The van der Waals surface area contributed by atoms with Gasteiger partial charge in [-0.05, 0) is 55.4 Å². The van der Waals surface area contributed by atoms with E-state index in [2.05, 4.69) is 12.2 Å². The van der Waals surface area contributed by atoms with Gasteiger partial charge in [-0.2, -0.15) is 0 Å². The van der Waals surface area contributed by atoms with Gasteiger partial charge < -0.3 is 11.1 Å². The lowest BCUT2D eigenvalue weighted by Gasteiger charge is -2.26. The summed E-state index contributed by atoms with van der Waals surface area (Å²) >= 11 is 0. The molecule has 0 saturated heterocycles. The van der Waals surface area contributed by atoms with Crippen molar-refractivity contribution in [3.05, 3.63) is 35.9 Å². The summed E-state index contributed by atoms with van der Waals surface area (Å²) in [5, 5.41) is 3.07. The van der Waals surface area contributed by atoms with Crippen LogP contribution in [0.5, 0.6) is 0 Å². The van der Waals surface area contributed by atoms with E-state index in [4.69, 9.17) is 5.73 Å².